The second-order valence-electron chi connectivity index (χ2n) is 4.44. The predicted octanol–water partition coefficient (Wildman–Crippen LogP) is 2.96. The van der Waals surface area contributed by atoms with Crippen molar-refractivity contribution in [1.82, 2.24) is 9.38 Å². The summed E-state index contributed by atoms with van der Waals surface area (Å²) in [5.41, 5.74) is 3.11. The Morgan fingerprint density at radius 3 is 2.89 bits per heavy atom. The number of para-hydroxylation sites is 1. The number of hydrogen-bond donors (Lipinski definition) is 1. The average Bonchev–Trinajstić information content (AvgIpc) is 2.98. The van der Waals surface area contributed by atoms with Crippen LogP contribution in [0.25, 0.3) is 4.96 Å². The number of hydrogen-bond acceptors (Lipinski definition) is 4. The quantitative estimate of drug-likeness (QED) is 0.797. The van der Waals surface area contributed by atoms with Crippen molar-refractivity contribution in [2.45, 2.75) is 13.5 Å². The Kier molecular flexibility index (Phi) is 3.00. The Morgan fingerprint density at radius 2 is 2.16 bits per heavy atom. The third-order valence-corrected chi connectivity index (χ3v) is 4.04. The Balaban J connectivity index is 2.13. The molecule has 0 fully saturated rings. The van der Waals surface area contributed by atoms with Crippen molar-refractivity contribution in [2.24, 2.45) is 0 Å². The fraction of sp³-hybridized carbons (Fsp3) is 0.214. The van der Waals surface area contributed by atoms with Crippen LogP contribution in [0.4, 0.5) is 11.5 Å². The summed E-state index contributed by atoms with van der Waals surface area (Å²) in [5, 5.41) is 11.6. The molecule has 5 heteroatoms. The lowest BCUT2D eigenvalue weighted by Gasteiger charge is -2.20. The Labute approximate surface area is 115 Å². The van der Waals surface area contributed by atoms with Crippen molar-refractivity contribution in [1.29, 1.82) is 0 Å². The maximum absolute atomic E-state index is 9.61. The number of fused-ring (bicyclic) bond motifs is 1. The topological polar surface area (TPSA) is 40.8 Å². The number of rotatable bonds is 3. The fourth-order valence-electron chi connectivity index (χ4n) is 2.29. The third-order valence-electron chi connectivity index (χ3n) is 3.28. The Hall–Kier alpha value is -1.85. The monoisotopic (exact) mass is 273 g/mol. The van der Waals surface area contributed by atoms with Gasteiger partial charge in [-0.05, 0) is 18.6 Å². The zero-order valence-corrected chi connectivity index (χ0v) is 11.7. The molecule has 2 heterocycles. The van der Waals surface area contributed by atoms with E-state index in [9.17, 15) is 5.11 Å². The molecule has 1 aromatic carbocycles. The normalized spacial score (nSPS) is 11.1. The van der Waals surface area contributed by atoms with E-state index in [4.69, 9.17) is 0 Å². The number of thiazole rings is 1. The van der Waals surface area contributed by atoms with Gasteiger partial charge in [-0.15, -0.1) is 11.3 Å². The van der Waals surface area contributed by atoms with Gasteiger partial charge in [0.25, 0.3) is 0 Å². The number of aliphatic hydroxyl groups excluding tert-OH is 1. The predicted molar refractivity (Wildman–Crippen MR) is 78.2 cm³/mol. The number of nitrogens with zero attached hydrogens (tertiary/aromatic N) is 3. The minimum Gasteiger partial charge on any atom is -0.390 e. The zero-order chi connectivity index (χ0) is 13.4. The van der Waals surface area contributed by atoms with Gasteiger partial charge in [-0.3, -0.25) is 4.40 Å². The molecule has 0 amide bonds. The molecule has 3 rings (SSSR count). The standard InChI is InChI=1S/C14H15N3OS/c1-10-5-3-4-6-11(10)16(2)13-12(9-18)17-7-8-19-14(17)15-13/h3-8,18H,9H2,1-2H3. The van der Waals surface area contributed by atoms with Gasteiger partial charge in [-0.2, -0.15) is 0 Å². The van der Waals surface area contributed by atoms with Gasteiger partial charge in [-0.1, -0.05) is 18.2 Å². The van der Waals surface area contributed by atoms with Crippen LogP contribution in [-0.2, 0) is 6.61 Å². The molecule has 0 unspecified atom stereocenters. The van der Waals surface area contributed by atoms with E-state index in [0.29, 0.717) is 0 Å². The van der Waals surface area contributed by atoms with Crippen molar-refractivity contribution in [3.8, 4) is 0 Å². The molecule has 19 heavy (non-hydrogen) atoms. The van der Waals surface area contributed by atoms with Crippen molar-refractivity contribution >= 4 is 27.8 Å². The summed E-state index contributed by atoms with van der Waals surface area (Å²) >= 11 is 1.57. The molecule has 3 aromatic rings. The number of aryl methyl sites for hydroxylation is 1. The molecule has 0 bridgehead atoms. The number of benzene rings is 1. The molecule has 0 aliphatic rings. The molecule has 0 aliphatic heterocycles. The smallest absolute Gasteiger partial charge is 0.195 e. The molecule has 0 radical (unpaired) electrons. The summed E-state index contributed by atoms with van der Waals surface area (Å²) in [5.74, 6) is 0.809. The van der Waals surface area contributed by atoms with Gasteiger partial charge in [0.05, 0.1) is 12.3 Å². The van der Waals surface area contributed by atoms with E-state index >= 15 is 0 Å². The summed E-state index contributed by atoms with van der Waals surface area (Å²) in [6.45, 7) is 2.05. The van der Waals surface area contributed by atoms with Crippen LogP contribution in [0.2, 0.25) is 0 Å². The molecular weight excluding hydrogens is 258 g/mol. The van der Waals surface area contributed by atoms with Gasteiger partial charge >= 0.3 is 0 Å². The van der Waals surface area contributed by atoms with Gasteiger partial charge in [-0.25, -0.2) is 4.98 Å². The first-order valence-electron chi connectivity index (χ1n) is 6.07. The lowest BCUT2D eigenvalue weighted by molar-refractivity contribution is 0.276. The van der Waals surface area contributed by atoms with E-state index in [2.05, 4.69) is 24.0 Å². The fourth-order valence-corrected chi connectivity index (χ4v) is 3.02. The molecule has 0 atom stereocenters. The van der Waals surface area contributed by atoms with E-state index in [1.165, 1.54) is 5.56 Å². The van der Waals surface area contributed by atoms with Gasteiger partial charge in [0.1, 0.15) is 0 Å². The highest BCUT2D eigenvalue weighted by molar-refractivity contribution is 7.15. The van der Waals surface area contributed by atoms with Crippen LogP contribution in [-0.4, -0.2) is 21.5 Å². The summed E-state index contributed by atoms with van der Waals surface area (Å²) in [6, 6.07) is 8.16. The van der Waals surface area contributed by atoms with Gasteiger partial charge in [0.2, 0.25) is 0 Å². The lowest BCUT2D eigenvalue weighted by Crippen LogP contribution is -2.13. The Bertz CT molecular complexity index is 716. The highest BCUT2D eigenvalue weighted by Gasteiger charge is 2.17. The highest BCUT2D eigenvalue weighted by atomic mass is 32.1. The number of imidazole rings is 1. The van der Waals surface area contributed by atoms with Crippen LogP contribution in [0.3, 0.4) is 0 Å². The summed E-state index contributed by atoms with van der Waals surface area (Å²) in [6.07, 6.45) is 1.94. The van der Waals surface area contributed by atoms with E-state index in [1.807, 2.05) is 40.1 Å². The second-order valence-corrected chi connectivity index (χ2v) is 5.31. The van der Waals surface area contributed by atoms with Gasteiger partial charge < -0.3 is 10.0 Å². The molecule has 2 aromatic heterocycles. The first kappa shape index (κ1) is 12.2. The van der Waals surface area contributed by atoms with Crippen LogP contribution in [0.1, 0.15) is 11.3 Å². The van der Waals surface area contributed by atoms with Crippen molar-refractivity contribution in [3.05, 3.63) is 47.1 Å². The van der Waals surface area contributed by atoms with Crippen LogP contribution in [0.15, 0.2) is 35.8 Å². The largest absolute Gasteiger partial charge is 0.390 e. The highest BCUT2D eigenvalue weighted by Crippen LogP contribution is 2.30. The maximum atomic E-state index is 9.61. The molecule has 0 saturated heterocycles. The van der Waals surface area contributed by atoms with E-state index in [-0.39, 0.29) is 6.61 Å². The Morgan fingerprint density at radius 1 is 1.37 bits per heavy atom. The van der Waals surface area contributed by atoms with E-state index < -0.39 is 0 Å². The molecule has 4 nitrogen and oxygen atoms in total. The first-order valence-corrected chi connectivity index (χ1v) is 6.95. The third kappa shape index (κ3) is 1.91. The number of anilines is 2. The van der Waals surface area contributed by atoms with Crippen LogP contribution in [0, 0.1) is 6.92 Å². The minimum absolute atomic E-state index is 0.0244. The number of aromatic nitrogens is 2. The van der Waals surface area contributed by atoms with Crippen molar-refractivity contribution < 1.29 is 5.11 Å². The zero-order valence-electron chi connectivity index (χ0n) is 10.9. The summed E-state index contributed by atoms with van der Waals surface area (Å²) in [7, 11) is 1.98. The van der Waals surface area contributed by atoms with Gasteiger partial charge in [0, 0.05) is 24.3 Å². The van der Waals surface area contributed by atoms with E-state index in [1.54, 1.807) is 11.3 Å². The average molecular weight is 273 g/mol. The lowest BCUT2D eigenvalue weighted by atomic mass is 10.2. The summed E-state index contributed by atoms with van der Waals surface area (Å²) < 4.78 is 1.94. The number of aliphatic hydroxyl groups is 1. The van der Waals surface area contributed by atoms with Crippen LogP contribution >= 0.6 is 11.3 Å². The van der Waals surface area contributed by atoms with Crippen LogP contribution < -0.4 is 4.90 Å². The summed E-state index contributed by atoms with van der Waals surface area (Å²) in [4.78, 5) is 7.54. The van der Waals surface area contributed by atoms with Gasteiger partial charge in [0.15, 0.2) is 10.8 Å². The maximum Gasteiger partial charge on any atom is 0.195 e. The molecule has 0 saturated carbocycles. The minimum atomic E-state index is -0.0244. The molecule has 1 N–H and O–H groups in total. The van der Waals surface area contributed by atoms with Crippen molar-refractivity contribution in [2.75, 3.05) is 11.9 Å². The molecule has 98 valence electrons. The van der Waals surface area contributed by atoms with E-state index in [0.717, 1.165) is 22.2 Å². The molecule has 0 spiro atoms. The SMILES string of the molecule is Cc1ccccc1N(C)c1nc2sccn2c1CO. The van der Waals surface area contributed by atoms with Crippen LogP contribution in [0.5, 0.6) is 0 Å². The second kappa shape index (κ2) is 4.68. The molecular formula is C14H15N3OS. The molecule has 0 aliphatic carbocycles. The first-order chi connectivity index (χ1) is 9.22. The van der Waals surface area contributed by atoms with Crippen molar-refractivity contribution in [3.63, 3.8) is 0 Å².